The second-order valence-electron chi connectivity index (χ2n) is 7.24. The second-order valence-corrected chi connectivity index (χ2v) is 7.68. The topological polar surface area (TPSA) is 70.4 Å². The van der Waals surface area contributed by atoms with Gasteiger partial charge in [0.25, 0.3) is 5.91 Å². The van der Waals surface area contributed by atoms with Gasteiger partial charge in [0.1, 0.15) is 11.6 Å². The molecule has 6 nitrogen and oxygen atoms in total. The normalized spacial score (nSPS) is 19.0. The quantitative estimate of drug-likeness (QED) is 0.582. The van der Waals surface area contributed by atoms with Crippen molar-refractivity contribution < 1.29 is 23.4 Å². The van der Waals surface area contributed by atoms with Crippen LogP contribution in [-0.4, -0.2) is 35.9 Å². The molecule has 1 heterocycles. The van der Waals surface area contributed by atoms with Gasteiger partial charge in [-0.1, -0.05) is 23.7 Å². The Bertz CT molecular complexity index is 1160. The van der Waals surface area contributed by atoms with E-state index in [1.807, 2.05) is 0 Å². The highest BCUT2D eigenvalue weighted by Crippen LogP contribution is 2.27. The van der Waals surface area contributed by atoms with Gasteiger partial charge in [-0.15, -0.1) is 10.1 Å². The standard InChI is InChI=1S/C24H19ClFN3O3/c1-32-20-12-6-17(7-13-20)23(30)27-21-22(16-4-8-18(25)9-5-16)29(28-24(21)31)14-15-2-10-19(26)11-3-15/h2-14,21-22H,1H3,(H-,27,28,30,31)/p+1/b29-14-/t21-,22-/m0/s1. The number of carbonyl (C=O) groups is 2. The Labute approximate surface area is 189 Å². The maximum absolute atomic E-state index is 13.3. The van der Waals surface area contributed by atoms with E-state index in [1.165, 1.54) is 12.1 Å². The predicted molar refractivity (Wildman–Crippen MR) is 118 cm³/mol. The van der Waals surface area contributed by atoms with Crippen LogP contribution in [0.4, 0.5) is 4.39 Å². The summed E-state index contributed by atoms with van der Waals surface area (Å²) in [5.41, 5.74) is 4.64. The average molecular weight is 453 g/mol. The smallest absolute Gasteiger partial charge is 0.304 e. The molecule has 0 aliphatic carbocycles. The third-order valence-electron chi connectivity index (χ3n) is 5.15. The van der Waals surface area contributed by atoms with Gasteiger partial charge in [-0.25, -0.2) is 4.39 Å². The van der Waals surface area contributed by atoms with E-state index in [9.17, 15) is 14.0 Å². The van der Waals surface area contributed by atoms with Gasteiger partial charge in [-0.3, -0.25) is 9.59 Å². The monoisotopic (exact) mass is 452 g/mol. The van der Waals surface area contributed by atoms with E-state index < -0.39 is 18.0 Å². The van der Waals surface area contributed by atoms with Crippen LogP contribution >= 0.6 is 11.6 Å². The van der Waals surface area contributed by atoms with E-state index in [4.69, 9.17) is 16.3 Å². The molecule has 162 valence electrons. The summed E-state index contributed by atoms with van der Waals surface area (Å²) in [6, 6.07) is 18.1. The number of benzene rings is 3. The van der Waals surface area contributed by atoms with Gasteiger partial charge in [0.05, 0.1) is 7.11 Å². The van der Waals surface area contributed by atoms with E-state index in [0.717, 1.165) is 5.56 Å². The number of nitrogens with one attached hydrogen (secondary N) is 2. The van der Waals surface area contributed by atoms with Crippen molar-refractivity contribution in [3.8, 4) is 5.75 Å². The Hall–Kier alpha value is -3.71. The van der Waals surface area contributed by atoms with Crippen LogP contribution < -0.4 is 15.5 Å². The van der Waals surface area contributed by atoms with Crippen LogP contribution in [0.2, 0.25) is 5.02 Å². The summed E-state index contributed by atoms with van der Waals surface area (Å²) in [6.07, 6.45) is 1.69. The molecule has 0 unspecified atom stereocenters. The number of hydrogen-bond donors (Lipinski definition) is 2. The molecule has 0 aromatic heterocycles. The van der Waals surface area contributed by atoms with Gasteiger partial charge < -0.3 is 10.1 Å². The average Bonchev–Trinajstić information content (AvgIpc) is 3.10. The van der Waals surface area contributed by atoms with Crippen LogP contribution in [0.5, 0.6) is 5.75 Å². The molecule has 32 heavy (non-hydrogen) atoms. The van der Waals surface area contributed by atoms with Gasteiger partial charge in [-0.05, 0) is 60.7 Å². The van der Waals surface area contributed by atoms with E-state index >= 15 is 0 Å². The lowest BCUT2D eigenvalue weighted by Gasteiger charge is -2.15. The fraction of sp³-hybridized carbons (Fsp3) is 0.125. The van der Waals surface area contributed by atoms with E-state index in [1.54, 1.807) is 78.7 Å². The van der Waals surface area contributed by atoms with Crippen LogP contribution in [-0.2, 0) is 4.79 Å². The Kier molecular flexibility index (Phi) is 6.18. The van der Waals surface area contributed by atoms with Crippen molar-refractivity contribution in [3.05, 3.63) is 100 Å². The molecular formula is C24H20ClFN3O3+. The van der Waals surface area contributed by atoms with Crippen molar-refractivity contribution in [2.75, 3.05) is 7.11 Å². The zero-order valence-corrected chi connectivity index (χ0v) is 17.8. The summed E-state index contributed by atoms with van der Waals surface area (Å²) in [7, 11) is 1.54. The molecular weight excluding hydrogens is 433 g/mol. The van der Waals surface area contributed by atoms with E-state index in [0.29, 0.717) is 21.9 Å². The van der Waals surface area contributed by atoms with Crippen LogP contribution in [0.25, 0.3) is 0 Å². The first-order chi connectivity index (χ1) is 15.4. The Morgan fingerprint density at radius 3 is 2.34 bits per heavy atom. The summed E-state index contributed by atoms with van der Waals surface area (Å²) < 4.78 is 20.0. The van der Waals surface area contributed by atoms with Crippen LogP contribution in [0.15, 0.2) is 72.8 Å². The number of halogens is 2. The fourth-order valence-corrected chi connectivity index (χ4v) is 3.64. The molecule has 0 bridgehead atoms. The molecule has 0 saturated carbocycles. The minimum absolute atomic E-state index is 0.355. The third-order valence-corrected chi connectivity index (χ3v) is 5.40. The van der Waals surface area contributed by atoms with Crippen molar-refractivity contribution in [1.29, 1.82) is 0 Å². The van der Waals surface area contributed by atoms with Crippen molar-refractivity contribution in [2.24, 2.45) is 0 Å². The first kappa shape index (κ1) is 21.5. The maximum Gasteiger partial charge on any atom is 0.304 e. The summed E-state index contributed by atoms with van der Waals surface area (Å²) >= 11 is 6.03. The second kappa shape index (κ2) is 9.20. The molecule has 2 atom stereocenters. The molecule has 4 rings (SSSR count). The highest BCUT2D eigenvalue weighted by molar-refractivity contribution is 6.30. The highest BCUT2D eigenvalue weighted by atomic mass is 35.5. The number of ether oxygens (including phenoxy) is 1. The third kappa shape index (κ3) is 4.63. The minimum Gasteiger partial charge on any atom is -0.497 e. The van der Waals surface area contributed by atoms with Crippen molar-refractivity contribution in [3.63, 3.8) is 0 Å². The van der Waals surface area contributed by atoms with Crippen molar-refractivity contribution >= 4 is 29.6 Å². The number of rotatable bonds is 5. The van der Waals surface area contributed by atoms with Gasteiger partial charge in [0.2, 0.25) is 12.3 Å². The van der Waals surface area contributed by atoms with Crippen molar-refractivity contribution in [1.82, 2.24) is 10.7 Å². The summed E-state index contributed by atoms with van der Waals surface area (Å²) in [6.45, 7) is 0. The van der Waals surface area contributed by atoms with E-state index in [2.05, 4.69) is 10.7 Å². The maximum atomic E-state index is 13.3. The van der Waals surface area contributed by atoms with Crippen LogP contribution in [0.1, 0.15) is 27.5 Å². The molecule has 0 radical (unpaired) electrons. The number of amides is 2. The number of nitrogens with zero attached hydrogens (tertiary/aromatic N) is 1. The number of hydrogen-bond acceptors (Lipinski definition) is 3. The molecule has 3 aromatic carbocycles. The fourth-order valence-electron chi connectivity index (χ4n) is 3.52. The Morgan fingerprint density at radius 2 is 1.72 bits per heavy atom. The number of hydrazine groups is 1. The molecule has 1 aliphatic heterocycles. The van der Waals surface area contributed by atoms with E-state index in [-0.39, 0.29) is 11.7 Å². The summed E-state index contributed by atoms with van der Waals surface area (Å²) in [4.78, 5) is 25.7. The lowest BCUT2D eigenvalue weighted by Crippen LogP contribution is -2.42. The SMILES string of the molecule is COc1ccc(C(=O)N[C@@H]2C(=O)N/[N+](=C\c3ccc(F)cc3)[C@H]2c2ccc(Cl)cc2)cc1. The zero-order valence-electron chi connectivity index (χ0n) is 17.1. The van der Waals surface area contributed by atoms with Gasteiger partial charge in [0.15, 0.2) is 6.04 Å². The number of carbonyl (C=O) groups excluding carboxylic acids is 2. The Morgan fingerprint density at radius 1 is 1.06 bits per heavy atom. The minimum atomic E-state index is -0.873. The molecule has 1 aliphatic rings. The van der Waals surface area contributed by atoms with Gasteiger partial charge >= 0.3 is 5.91 Å². The first-order valence-electron chi connectivity index (χ1n) is 9.84. The molecule has 2 amide bonds. The van der Waals surface area contributed by atoms with Crippen LogP contribution in [0.3, 0.4) is 0 Å². The van der Waals surface area contributed by atoms with Gasteiger partial charge in [0, 0.05) is 21.7 Å². The number of methoxy groups -OCH3 is 1. The zero-order chi connectivity index (χ0) is 22.7. The molecule has 1 saturated heterocycles. The molecule has 1 fully saturated rings. The lowest BCUT2D eigenvalue weighted by atomic mass is 9.99. The first-order valence-corrected chi connectivity index (χ1v) is 10.2. The predicted octanol–water partition coefficient (Wildman–Crippen LogP) is 3.50. The molecule has 0 spiro atoms. The molecule has 8 heteroatoms. The molecule has 2 N–H and O–H groups in total. The highest BCUT2D eigenvalue weighted by Gasteiger charge is 2.47. The number of hydrazone groups is 1. The molecule has 3 aromatic rings. The summed E-state index contributed by atoms with van der Waals surface area (Å²) in [5, 5.41) is 3.38. The lowest BCUT2D eigenvalue weighted by molar-refractivity contribution is -0.596. The van der Waals surface area contributed by atoms with Gasteiger partial charge in [-0.2, -0.15) is 0 Å². The van der Waals surface area contributed by atoms with Crippen molar-refractivity contribution in [2.45, 2.75) is 12.1 Å². The van der Waals surface area contributed by atoms with Crippen LogP contribution in [0, 0.1) is 5.82 Å². The summed E-state index contributed by atoms with van der Waals surface area (Å²) in [5.74, 6) is -0.494. The largest absolute Gasteiger partial charge is 0.497 e. The Balaban J connectivity index is 1.67.